The third-order valence-electron chi connectivity index (χ3n) is 6.68. The Kier molecular flexibility index (Phi) is 12.3. The van der Waals surface area contributed by atoms with Crippen LogP contribution in [0.5, 0.6) is 0 Å². The largest absolute Gasteiger partial charge is 0.444 e. The van der Waals surface area contributed by atoms with E-state index in [0.29, 0.717) is 23.6 Å². The number of carbonyl (C=O) groups excluding carboxylic acids is 4. The molecule has 9 heteroatoms. The van der Waals surface area contributed by atoms with E-state index in [4.69, 9.17) is 10.5 Å². The highest BCUT2D eigenvalue weighted by molar-refractivity contribution is 6.00. The summed E-state index contributed by atoms with van der Waals surface area (Å²) in [5.41, 5.74) is 7.47. The Balaban J connectivity index is 2.68. The number of hydrogen-bond acceptors (Lipinski definition) is 5. The van der Waals surface area contributed by atoms with Gasteiger partial charge < -0.3 is 26.0 Å². The van der Waals surface area contributed by atoms with Gasteiger partial charge in [-0.2, -0.15) is 0 Å². The van der Waals surface area contributed by atoms with Crippen LogP contribution in [-0.4, -0.2) is 46.4 Å². The van der Waals surface area contributed by atoms with Gasteiger partial charge in [0, 0.05) is 11.7 Å². The molecule has 2 aromatic carbocycles. The second-order valence-electron chi connectivity index (χ2n) is 12.0. The summed E-state index contributed by atoms with van der Waals surface area (Å²) in [6.07, 6.45) is 1.68. The summed E-state index contributed by atoms with van der Waals surface area (Å²) in [6.45, 7) is 16.8. The topological polar surface area (TPSA) is 131 Å². The number of primary amides is 1. The second kappa shape index (κ2) is 15.2. The van der Waals surface area contributed by atoms with Crippen molar-refractivity contribution in [3.05, 3.63) is 71.8 Å². The molecule has 0 aliphatic rings. The van der Waals surface area contributed by atoms with Gasteiger partial charge >= 0.3 is 6.09 Å². The van der Waals surface area contributed by atoms with Crippen LogP contribution in [0.25, 0.3) is 6.08 Å². The summed E-state index contributed by atoms with van der Waals surface area (Å²) >= 11 is 0. The molecule has 0 bridgehead atoms. The second-order valence-corrected chi connectivity index (χ2v) is 12.0. The van der Waals surface area contributed by atoms with E-state index in [9.17, 15) is 19.2 Å². The van der Waals surface area contributed by atoms with Gasteiger partial charge in [-0.15, -0.1) is 0 Å². The van der Waals surface area contributed by atoms with Crippen molar-refractivity contribution in [1.82, 2.24) is 10.2 Å². The van der Waals surface area contributed by atoms with E-state index >= 15 is 0 Å². The lowest BCUT2D eigenvalue weighted by Gasteiger charge is -2.38. The average Bonchev–Trinajstić information content (AvgIpc) is 2.89. The van der Waals surface area contributed by atoms with Gasteiger partial charge in [0.1, 0.15) is 17.7 Å². The molecule has 0 fully saturated rings. The lowest BCUT2D eigenvalue weighted by Crippen LogP contribution is -2.55. The number of hydrogen-bond donors (Lipinski definition) is 3. The Labute approximate surface area is 249 Å². The van der Waals surface area contributed by atoms with Crippen molar-refractivity contribution in [1.29, 1.82) is 0 Å². The number of aryl methyl sites for hydroxylation is 1. The number of anilines is 1. The zero-order chi connectivity index (χ0) is 31.6. The fraction of sp³-hybridized carbons (Fsp3) is 0.455. The van der Waals surface area contributed by atoms with Crippen molar-refractivity contribution in [2.75, 3.05) is 5.32 Å². The van der Waals surface area contributed by atoms with Crippen LogP contribution in [0, 0.1) is 12.8 Å². The molecule has 4 amide bonds. The molecule has 4 N–H and O–H groups in total. The number of para-hydroxylation sites is 1. The van der Waals surface area contributed by atoms with Gasteiger partial charge in [0.2, 0.25) is 11.8 Å². The van der Waals surface area contributed by atoms with Crippen LogP contribution in [0.15, 0.2) is 55.1 Å². The van der Waals surface area contributed by atoms with Crippen molar-refractivity contribution in [3.8, 4) is 0 Å². The van der Waals surface area contributed by atoms with Crippen LogP contribution >= 0.6 is 0 Å². The number of carbonyl (C=O) groups is 4. The lowest BCUT2D eigenvalue weighted by molar-refractivity contribution is -0.144. The zero-order valence-corrected chi connectivity index (χ0v) is 25.9. The van der Waals surface area contributed by atoms with Crippen molar-refractivity contribution < 1.29 is 23.9 Å². The van der Waals surface area contributed by atoms with Crippen molar-refractivity contribution >= 4 is 35.6 Å². The fourth-order valence-corrected chi connectivity index (χ4v) is 4.55. The maximum atomic E-state index is 14.4. The molecule has 0 radical (unpaired) electrons. The summed E-state index contributed by atoms with van der Waals surface area (Å²) in [5, 5.41) is 5.52. The Hall–Kier alpha value is -4.14. The number of alkyl carbamates (subject to hydrolysis) is 1. The standard InChI is InChI=1S/C33H46N4O5/c1-9-24-14-12-15-25(19-24)29(30(39)35-26-16-11-10-13-22(26)4)37(23(5)18-17-21(2)3)31(40)27(20-28(34)38)36-32(41)42-33(6,7)8/h9-16,19,21,23,27,29H,1,17-18,20H2,2-8H3,(H2,34,38)(H,35,39)(H,36,41). The van der Waals surface area contributed by atoms with E-state index in [0.717, 1.165) is 17.5 Å². The molecule has 0 aliphatic heterocycles. The van der Waals surface area contributed by atoms with Gasteiger partial charge in [0.15, 0.2) is 0 Å². The summed E-state index contributed by atoms with van der Waals surface area (Å²) in [4.78, 5) is 54.9. The fourth-order valence-electron chi connectivity index (χ4n) is 4.55. The van der Waals surface area contributed by atoms with Gasteiger partial charge in [0.25, 0.3) is 5.91 Å². The zero-order valence-electron chi connectivity index (χ0n) is 25.9. The van der Waals surface area contributed by atoms with Crippen molar-refractivity contribution in [3.63, 3.8) is 0 Å². The predicted octanol–water partition coefficient (Wildman–Crippen LogP) is 5.74. The molecule has 0 heterocycles. The first-order valence-electron chi connectivity index (χ1n) is 14.3. The minimum absolute atomic E-state index is 0.342. The number of benzene rings is 2. The summed E-state index contributed by atoms with van der Waals surface area (Å²) in [5.74, 6) is -1.50. The Morgan fingerprint density at radius 3 is 2.26 bits per heavy atom. The average molecular weight is 579 g/mol. The molecule has 0 saturated heterocycles. The molecular formula is C33H46N4O5. The molecule has 0 aliphatic carbocycles. The van der Waals surface area contributed by atoms with Crippen LogP contribution in [0.1, 0.15) is 83.5 Å². The molecule has 3 atom stereocenters. The molecule has 0 saturated carbocycles. The minimum Gasteiger partial charge on any atom is -0.444 e. The normalized spacial score (nSPS) is 13.4. The summed E-state index contributed by atoms with van der Waals surface area (Å²) < 4.78 is 5.37. The monoisotopic (exact) mass is 578 g/mol. The first-order chi connectivity index (χ1) is 19.6. The number of nitrogens with two attached hydrogens (primary N) is 1. The van der Waals surface area contributed by atoms with E-state index in [-0.39, 0.29) is 0 Å². The van der Waals surface area contributed by atoms with Crippen molar-refractivity contribution in [2.45, 2.75) is 91.5 Å². The van der Waals surface area contributed by atoms with Gasteiger partial charge in [-0.25, -0.2) is 4.79 Å². The third-order valence-corrected chi connectivity index (χ3v) is 6.68. The van der Waals surface area contributed by atoms with E-state index < -0.39 is 54.0 Å². The molecule has 9 nitrogen and oxygen atoms in total. The summed E-state index contributed by atoms with van der Waals surface area (Å²) in [6, 6.07) is 11.7. The van der Waals surface area contributed by atoms with Crippen LogP contribution in [0.4, 0.5) is 10.5 Å². The highest BCUT2D eigenvalue weighted by atomic mass is 16.6. The van der Waals surface area contributed by atoms with Crippen LogP contribution in [0.3, 0.4) is 0 Å². The first-order valence-corrected chi connectivity index (χ1v) is 14.3. The molecule has 2 aromatic rings. The van der Waals surface area contributed by atoms with E-state index in [1.807, 2.05) is 38.1 Å². The SMILES string of the molecule is C=Cc1cccc(C(C(=O)Nc2ccccc2C)N(C(=O)C(CC(N)=O)NC(=O)OC(C)(C)C)C(C)CCC(C)C)c1. The smallest absolute Gasteiger partial charge is 0.408 e. The van der Waals surface area contributed by atoms with Crippen LogP contribution in [-0.2, 0) is 19.1 Å². The lowest BCUT2D eigenvalue weighted by atomic mass is 9.95. The van der Waals surface area contributed by atoms with E-state index in [1.165, 1.54) is 4.90 Å². The number of nitrogens with one attached hydrogen (secondary N) is 2. The number of amides is 4. The van der Waals surface area contributed by atoms with Crippen LogP contribution in [0.2, 0.25) is 0 Å². The molecular weight excluding hydrogens is 532 g/mol. The van der Waals surface area contributed by atoms with E-state index in [1.54, 1.807) is 51.1 Å². The maximum absolute atomic E-state index is 14.4. The summed E-state index contributed by atoms with van der Waals surface area (Å²) in [7, 11) is 0. The van der Waals surface area contributed by atoms with Gasteiger partial charge in [-0.3, -0.25) is 14.4 Å². The molecule has 3 unspecified atom stereocenters. The first kappa shape index (κ1) is 34.1. The predicted molar refractivity (Wildman–Crippen MR) is 166 cm³/mol. The molecule has 228 valence electrons. The van der Waals surface area contributed by atoms with Crippen molar-refractivity contribution in [2.24, 2.45) is 11.7 Å². The van der Waals surface area contributed by atoms with Gasteiger partial charge in [0.05, 0.1) is 6.42 Å². The Morgan fingerprint density at radius 1 is 1.02 bits per heavy atom. The maximum Gasteiger partial charge on any atom is 0.408 e. The number of ether oxygens (including phenoxy) is 1. The van der Waals surface area contributed by atoms with Gasteiger partial charge in [-0.05, 0) is 82.2 Å². The number of nitrogens with zero attached hydrogens (tertiary/aromatic N) is 1. The minimum atomic E-state index is -1.35. The third kappa shape index (κ3) is 10.4. The van der Waals surface area contributed by atoms with Gasteiger partial charge in [-0.1, -0.05) is 62.9 Å². The molecule has 0 spiro atoms. The number of rotatable bonds is 13. The highest BCUT2D eigenvalue weighted by Gasteiger charge is 2.39. The molecule has 42 heavy (non-hydrogen) atoms. The molecule has 0 aromatic heterocycles. The Morgan fingerprint density at radius 2 is 1.69 bits per heavy atom. The van der Waals surface area contributed by atoms with E-state index in [2.05, 4.69) is 31.1 Å². The molecule has 2 rings (SSSR count). The van der Waals surface area contributed by atoms with Crippen LogP contribution < -0.4 is 16.4 Å². The highest BCUT2D eigenvalue weighted by Crippen LogP contribution is 2.30. The quantitative estimate of drug-likeness (QED) is 0.279. The Bertz CT molecular complexity index is 1270.